The Morgan fingerprint density at radius 2 is 2.31 bits per heavy atom. The van der Waals surface area contributed by atoms with Crippen LogP contribution in [-0.4, -0.2) is 12.3 Å². The van der Waals surface area contributed by atoms with Crippen molar-refractivity contribution in [2.75, 3.05) is 0 Å². The molecule has 0 saturated heterocycles. The van der Waals surface area contributed by atoms with Crippen LogP contribution in [0.4, 0.5) is 4.39 Å². The maximum atomic E-state index is 13.0. The molecule has 2 nitrogen and oxygen atoms in total. The average Bonchev–Trinajstić information content (AvgIpc) is 2.11. The molecule has 0 fully saturated rings. The van der Waals surface area contributed by atoms with Crippen LogP contribution in [0.2, 0.25) is 0 Å². The third-order valence-electron chi connectivity index (χ3n) is 1.88. The van der Waals surface area contributed by atoms with E-state index in [-0.39, 0.29) is 5.82 Å². The fourth-order valence-corrected chi connectivity index (χ4v) is 1.08. The molecule has 0 bridgehead atoms. The normalized spacial score (nSPS) is 12.5. The standard InChI is InChI=1S/C10H12FNO/c1-7-2-3-8(5-10(7)11)4-9(12)6-13/h2-3,5-6,9H,4,12H2,1H3/t9-/m1/s1. The molecule has 2 N–H and O–H groups in total. The molecule has 3 heteroatoms. The van der Waals surface area contributed by atoms with Gasteiger partial charge in [-0.05, 0) is 30.5 Å². The quantitative estimate of drug-likeness (QED) is 0.712. The highest BCUT2D eigenvalue weighted by Crippen LogP contribution is 2.09. The third kappa shape index (κ3) is 2.63. The van der Waals surface area contributed by atoms with Crippen LogP contribution in [-0.2, 0) is 11.2 Å². The van der Waals surface area contributed by atoms with Gasteiger partial charge in [0.2, 0.25) is 0 Å². The zero-order valence-corrected chi connectivity index (χ0v) is 7.46. The van der Waals surface area contributed by atoms with E-state index in [0.29, 0.717) is 18.3 Å². The SMILES string of the molecule is Cc1ccc(C[C@@H](N)C=O)cc1F. The monoisotopic (exact) mass is 181 g/mol. The molecular formula is C10H12FNO. The van der Waals surface area contributed by atoms with Crippen molar-refractivity contribution in [1.29, 1.82) is 0 Å². The lowest BCUT2D eigenvalue weighted by molar-refractivity contribution is -0.108. The summed E-state index contributed by atoms with van der Waals surface area (Å²) in [5.41, 5.74) is 6.76. The molecule has 70 valence electrons. The first kappa shape index (κ1) is 9.86. The van der Waals surface area contributed by atoms with E-state index in [4.69, 9.17) is 5.73 Å². The summed E-state index contributed by atoms with van der Waals surface area (Å²) in [5, 5.41) is 0. The van der Waals surface area contributed by atoms with E-state index in [9.17, 15) is 9.18 Å². The van der Waals surface area contributed by atoms with E-state index in [1.807, 2.05) is 0 Å². The van der Waals surface area contributed by atoms with Gasteiger partial charge in [0.15, 0.2) is 0 Å². The Morgan fingerprint density at radius 3 is 2.85 bits per heavy atom. The highest BCUT2D eigenvalue weighted by Gasteiger charge is 2.04. The summed E-state index contributed by atoms with van der Waals surface area (Å²) in [6.07, 6.45) is 1.05. The number of halogens is 1. The molecule has 0 spiro atoms. The summed E-state index contributed by atoms with van der Waals surface area (Å²) in [6, 6.07) is 4.34. The Kier molecular flexibility index (Phi) is 3.14. The Balaban J connectivity index is 2.79. The minimum atomic E-state index is -0.540. The predicted octanol–water partition coefficient (Wildman–Crippen LogP) is 1.20. The van der Waals surface area contributed by atoms with Gasteiger partial charge in [0, 0.05) is 0 Å². The highest BCUT2D eigenvalue weighted by atomic mass is 19.1. The van der Waals surface area contributed by atoms with Crippen molar-refractivity contribution in [3.05, 3.63) is 35.1 Å². The second-order valence-electron chi connectivity index (χ2n) is 3.09. The van der Waals surface area contributed by atoms with Gasteiger partial charge in [-0.1, -0.05) is 12.1 Å². The maximum Gasteiger partial charge on any atom is 0.137 e. The van der Waals surface area contributed by atoms with Gasteiger partial charge in [-0.2, -0.15) is 0 Å². The van der Waals surface area contributed by atoms with E-state index in [1.165, 1.54) is 6.07 Å². The predicted molar refractivity (Wildman–Crippen MR) is 48.9 cm³/mol. The van der Waals surface area contributed by atoms with Crippen molar-refractivity contribution in [1.82, 2.24) is 0 Å². The average molecular weight is 181 g/mol. The van der Waals surface area contributed by atoms with Crippen molar-refractivity contribution in [2.24, 2.45) is 5.73 Å². The van der Waals surface area contributed by atoms with Gasteiger partial charge in [0.25, 0.3) is 0 Å². The molecule has 0 amide bonds. The number of carbonyl (C=O) groups is 1. The molecule has 0 unspecified atom stereocenters. The zero-order chi connectivity index (χ0) is 9.84. The summed E-state index contributed by atoms with van der Waals surface area (Å²) >= 11 is 0. The summed E-state index contributed by atoms with van der Waals surface area (Å²) < 4.78 is 13.0. The van der Waals surface area contributed by atoms with Gasteiger partial charge in [-0.15, -0.1) is 0 Å². The first-order valence-electron chi connectivity index (χ1n) is 4.09. The van der Waals surface area contributed by atoms with Crippen LogP contribution in [0.25, 0.3) is 0 Å². The molecule has 0 aliphatic rings. The molecule has 13 heavy (non-hydrogen) atoms. The number of hydrogen-bond acceptors (Lipinski definition) is 2. The topological polar surface area (TPSA) is 43.1 Å². The van der Waals surface area contributed by atoms with Gasteiger partial charge >= 0.3 is 0 Å². The van der Waals surface area contributed by atoms with Crippen LogP contribution in [0.3, 0.4) is 0 Å². The number of hydrogen-bond donors (Lipinski definition) is 1. The summed E-state index contributed by atoms with van der Waals surface area (Å²) in [4.78, 5) is 10.2. The summed E-state index contributed by atoms with van der Waals surface area (Å²) in [5.74, 6) is -0.254. The van der Waals surface area contributed by atoms with Crippen molar-refractivity contribution in [3.63, 3.8) is 0 Å². The molecule has 0 aromatic heterocycles. The molecule has 0 radical (unpaired) electrons. The van der Waals surface area contributed by atoms with Crippen LogP contribution in [0, 0.1) is 12.7 Å². The first-order chi connectivity index (χ1) is 6.13. The van der Waals surface area contributed by atoms with Crippen molar-refractivity contribution >= 4 is 6.29 Å². The number of carbonyl (C=O) groups excluding carboxylic acids is 1. The van der Waals surface area contributed by atoms with E-state index >= 15 is 0 Å². The van der Waals surface area contributed by atoms with E-state index in [0.717, 1.165) is 5.56 Å². The van der Waals surface area contributed by atoms with Gasteiger partial charge < -0.3 is 10.5 Å². The minimum Gasteiger partial charge on any atom is -0.321 e. The highest BCUT2D eigenvalue weighted by molar-refractivity contribution is 5.57. The Hall–Kier alpha value is -1.22. The van der Waals surface area contributed by atoms with Crippen LogP contribution < -0.4 is 5.73 Å². The van der Waals surface area contributed by atoms with Gasteiger partial charge in [0.05, 0.1) is 6.04 Å². The molecule has 1 rings (SSSR count). The molecule has 0 aliphatic heterocycles. The van der Waals surface area contributed by atoms with Crippen molar-refractivity contribution in [3.8, 4) is 0 Å². The molecule has 1 atom stereocenters. The smallest absolute Gasteiger partial charge is 0.137 e. The van der Waals surface area contributed by atoms with Crippen LogP contribution in [0.1, 0.15) is 11.1 Å². The summed E-state index contributed by atoms with van der Waals surface area (Å²) in [7, 11) is 0. The van der Waals surface area contributed by atoms with Gasteiger partial charge in [-0.25, -0.2) is 4.39 Å². The zero-order valence-electron chi connectivity index (χ0n) is 7.46. The lowest BCUT2D eigenvalue weighted by Crippen LogP contribution is -2.24. The second kappa shape index (κ2) is 4.14. The van der Waals surface area contributed by atoms with E-state index in [1.54, 1.807) is 19.1 Å². The van der Waals surface area contributed by atoms with Gasteiger partial charge in [0.1, 0.15) is 12.1 Å². The fraction of sp³-hybridized carbons (Fsp3) is 0.300. The lowest BCUT2D eigenvalue weighted by atomic mass is 10.1. The minimum absolute atomic E-state index is 0.254. The number of aldehydes is 1. The maximum absolute atomic E-state index is 13.0. The van der Waals surface area contributed by atoms with Crippen molar-refractivity contribution < 1.29 is 9.18 Å². The number of benzene rings is 1. The molecule has 1 aromatic rings. The largest absolute Gasteiger partial charge is 0.321 e. The summed E-state index contributed by atoms with van der Waals surface area (Å²) in [6.45, 7) is 1.69. The number of rotatable bonds is 3. The lowest BCUT2D eigenvalue weighted by Gasteiger charge is -2.04. The van der Waals surface area contributed by atoms with Crippen LogP contribution >= 0.6 is 0 Å². The Labute approximate surface area is 76.6 Å². The number of aryl methyl sites for hydroxylation is 1. The Morgan fingerprint density at radius 1 is 1.62 bits per heavy atom. The van der Waals surface area contributed by atoms with Crippen molar-refractivity contribution in [2.45, 2.75) is 19.4 Å². The van der Waals surface area contributed by atoms with Crippen LogP contribution in [0.5, 0.6) is 0 Å². The fourth-order valence-electron chi connectivity index (χ4n) is 1.08. The van der Waals surface area contributed by atoms with E-state index in [2.05, 4.69) is 0 Å². The van der Waals surface area contributed by atoms with E-state index < -0.39 is 6.04 Å². The molecule has 0 saturated carbocycles. The van der Waals surface area contributed by atoms with Crippen LogP contribution in [0.15, 0.2) is 18.2 Å². The second-order valence-corrected chi connectivity index (χ2v) is 3.09. The first-order valence-corrected chi connectivity index (χ1v) is 4.09. The number of nitrogens with two attached hydrogens (primary N) is 1. The molecule has 0 heterocycles. The van der Waals surface area contributed by atoms with Gasteiger partial charge in [-0.3, -0.25) is 0 Å². The molecular weight excluding hydrogens is 169 g/mol. The Bertz CT molecular complexity index is 312. The molecule has 0 aliphatic carbocycles. The third-order valence-corrected chi connectivity index (χ3v) is 1.88. The molecule has 1 aromatic carbocycles.